The second-order valence-corrected chi connectivity index (χ2v) is 6.25. The molecule has 1 amide bonds. The van der Waals surface area contributed by atoms with Crippen LogP contribution < -0.4 is 5.32 Å². The summed E-state index contributed by atoms with van der Waals surface area (Å²) in [5.74, 6) is -0.00168. The molecule has 1 aliphatic heterocycles. The number of nitrogens with one attached hydrogen (secondary N) is 2. The topological polar surface area (TPSA) is 57.8 Å². The largest absolute Gasteiger partial charge is 0.358 e. The Hall–Kier alpha value is -3.14. The standard InChI is InChI=1S/C21H19N3O/c1-14(11-15-5-3-2-4-6-15)19-12-16(7-9-22-19)20-13-17-18(24-20)8-10-23-21(17)25/h2-7,9,11-13,24H,8,10H2,1H3,(H,23,25). The highest BCUT2D eigenvalue weighted by molar-refractivity contribution is 5.97. The van der Waals surface area contributed by atoms with E-state index >= 15 is 0 Å². The van der Waals surface area contributed by atoms with Gasteiger partial charge < -0.3 is 10.3 Å². The van der Waals surface area contributed by atoms with E-state index in [-0.39, 0.29) is 5.91 Å². The minimum absolute atomic E-state index is 0.00168. The second kappa shape index (κ2) is 6.40. The number of carbonyl (C=O) groups excluding carboxylic acids is 1. The van der Waals surface area contributed by atoms with Gasteiger partial charge in [-0.25, -0.2) is 0 Å². The van der Waals surface area contributed by atoms with Gasteiger partial charge in [0.2, 0.25) is 0 Å². The molecule has 4 rings (SSSR count). The summed E-state index contributed by atoms with van der Waals surface area (Å²) < 4.78 is 0. The van der Waals surface area contributed by atoms with Gasteiger partial charge in [0.25, 0.3) is 5.91 Å². The Bertz CT molecular complexity index is 954. The lowest BCUT2D eigenvalue weighted by Crippen LogP contribution is -2.31. The third-order valence-corrected chi connectivity index (χ3v) is 4.46. The first-order valence-corrected chi connectivity index (χ1v) is 8.41. The van der Waals surface area contributed by atoms with Gasteiger partial charge in [-0.05, 0) is 42.3 Å². The molecule has 2 N–H and O–H groups in total. The summed E-state index contributed by atoms with van der Waals surface area (Å²) in [6, 6.07) is 16.2. The van der Waals surface area contributed by atoms with Crippen molar-refractivity contribution in [2.45, 2.75) is 13.3 Å². The molecule has 0 unspecified atom stereocenters. The van der Waals surface area contributed by atoms with Crippen molar-refractivity contribution in [2.24, 2.45) is 0 Å². The number of hydrogen-bond acceptors (Lipinski definition) is 2. The summed E-state index contributed by atoms with van der Waals surface area (Å²) in [7, 11) is 0. The van der Waals surface area contributed by atoms with Crippen LogP contribution in [-0.4, -0.2) is 22.4 Å². The maximum Gasteiger partial charge on any atom is 0.253 e. The Morgan fingerprint density at radius 3 is 2.80 bits per heavy atom. The molecule has 0 bridgehead atoms. The van der Waals surface area contributed by atoms with E-state index in [1.165, 1.54) is 0 Å². The molecule has 124 valence electrons. The number of H-pyrrole nitrogens is 1. The average molecular weight is 329 g/mol. The van der Waals surface area contributed by atoms with Crippen LogP contribution in [0.25, 0.3) is 22.9 Å². The highest BCUT2D eigenvalue weighted by Crippen LogP contribution is 2.26. The highest BCUT2D eigenvalue weighted by atomic mass is 16.1. The summed E-state index contributed by atoms with van der Waals surface area (Å²) in [5.41, 5.74) is 6.93. The molecule has 4 heteroatoms. The lowest BCUT2D eigenvalue weighted by atomic mass is 10.1. The number of allylic oxidation sites excluding steroid dienone is 1. The molecule has 0 aliphatic carbocycles. The molecule has 3 heterocycles. The van der Waals surface area contributed by atoms with Crippen LogP contribution in [0.15, 0.2) is 54.7 Å². The number of pyridine rings is 1. The zero-order valence-electron chi connectivity index (χ0n) is 14.0. The summed E-state index contributed by atoms with van der Waals surface area (Å²) in [5, 5.41) is 2.88. The Balaban J connectivity index is 1.68. The van der Waals surface area contributed by atoms with Crippen LogP contribution in [0, 0.1) is 0 Å². The van der Waals surface area contributed by atoms with Gasteiger partial charge >= 0.3 is 0 Å². The molecule has 4 nitrogen and oxygen atoms in total. The maximum absolute atomic E-state index is 12.0. The van der Waals surface area contributed by atoms with E-state index < -0.39 is 0 Å². The molecular formula is C21H19N3O. The zero-order chi connectivity index (χ0) is 17.2. The van der Waals surface area contributed by atoms with Gasteiger partial charge in [0.05, 0.1) is 11.3 Å². The van der Waals surface area contributed by atoms with Crippen LogP contribution in [0.1, 0.15) is 34.2 Å². The fraction of sp³-hybridized carbons (Fsp3) is 0.143. The van der Waals surface area contributed by atoms with Crippen molar-refractivity contribution >= 4 is 17.6 Å². The number of rotatable bonds is 3. The normalized spacial score (nSPS) is 14.1. The number of fused-ring (bicyclic) bond motifs is 1. The van der Waals surface area contributed by atoms with Gasteiger partial charge in [0.15, 0.2) is 0 Å². The van der Waals surface area contributed by atoms with E-state index in [4.69, 9.17) is 0 Å². The van der Waals surface area contributed by atoms with E-state index in [9.17, 15) is 4.79 Å². The Morgan fingerprint density at radius 2 is 2.00 bits per heavy atom. The molecule has 0 spiro atoms. The molecule has 0 atom stereocenters. The van der Waals surface area contributed by atoms with Crippen LogP contribution in [0.2, 0.25) is 0 Å². The van der Waals surface area contributed by atoms with Gasteiger partial charge in [-0.2, -0.15) is 0 Å². The molecule has 0 radical (unpaired) electrons. The van der Waals surface area contributed by atoms with Crippen molar-refractivity contribution in [2.75, 3.05) is 6.54 Å². The Morgan fingerprint density at radius 1 is 1.16 bits per heavy atom. The molecule has 3 aromatic rings. The first kappa shape index (κ1) is 15.4. The fourth-order valence-corrected chi connectivity index (χ4v) is 3.14. The predicted octanol–water partition coefficient (Wildman–Crippen LogP) is 3.92. The van der Waals surface area contributed by atoms with Gasteiger partial charge in [-0.1, -0.05) is 30.3 Å². The SMILES string of the molecule is CC(=Cc1ccccc1)c1cc(-c2cc3c([nH]2)CCNC3=O)ccn1. The molecule has 1 aliphatic rings. The molecule has 2 aromatic heterocycles. The fourth-order valence-electron chi connectivity index (χ4n) is 3.14. The van der Waals surface area contributed by atoms with Crippen molar-refractivity contribution in [1.82, 2.24) is 15.3 Å². The summed E-state index contributed by atoms with van der Waals surface area (Å²) >= 11 is 0. The number of nitrogens with zero attached hydrogens (tertiary/aromatic N) is 1. The van der Waals surface area contributed by atoms with Gasteiger partial charge in [-0.3, -0.25) is 9.78 Å². The van der Waals surface area contributed by atoms with E-state index in [0.29, 0.717) is 6.54 Å². The first-order chi connectivity index (χ1) is 12.2. The number of benzene rings is 1. The number of hydrogen-bond donors (Lipinski definition) is 2. The lowest BCUT2D eigenvalue weighted by molar-refractivity contribution is 0.0946. The van der Waals surface area contributed by atoms with E-state index in [1.807, 2.05) is 36.5 Å². The van der Waals surface area contributed by atoms with E-state index in [2.05, 4.69) is 46.5 Å². The summed E-state index contributed by atoms with van der Waals surface area (Å²) in [6.07, 6.45) is 4.78. The number of aromatic nitrogens is 2. The number of carbonyl (C=O) groups is 1. The lowest BCUT2D eigenvalue weighted by Gasteiger charge is -2.10. The van der Waals surface area contributed by atoms with Crippen LogP contribution in [0.4, 0.5) is 0 Å². The number of amides is 1. The third kappa shape index (κ3) is 3.11. The smallest absolute Gasteiger partial charge is 0.253 e. The highest BCUT2D eigenvalue weighted by Gasteiger charge is 2.20. The monoisotopic (exact) mass is 329 g/mol. The molecular weight excluding hydrogens is 310 g/mol. The summed E-state index contributed by atoms with van der Waals surface area (Å²) in [6.45, 7) is 2.75. The van der Waals surface area contributed by atoms with E-state index in [0.717, 1.165) is 45.8 Å². The van der Waals surface area contributed by atoms with Crippen LogP contribution in [0.5, 0.6) is 0 Å². The average Bonchev–Trinajstić information content (AvgIpc) is 3.08. The van der Waals surface area contributed by atoms with Crippen LogP contribution in [-0.2, 0) is 6.42 Å². The van der Waals surface area contributed by atoms with Gasteiger partial charge in [0, 0.05) is 36.1 Å². The molecule has 25 heavy (non-hydrogen) atoms. The minimum atomic E-state index is -0.00168. The Kier molecular flexibility index (Phi) is 3.94. The van der Waals surface area contributed by atoms with Crippen molar-refractivity contribution in [1.29, 1.82) is 0 Å². The Labute approximate surface area is 146 Å². The minimum Gasteiger partial charge on any atom is -0.358 e. The van der Waals surface area contributed by atoms with Gasteiger partial charge in [-0.15, -0.1) is 0 Å². The van der Waals surface area contributed by atoms with Gasteiger partial charge in [0.1, 0.15) is 0 Å². The quantitative estimate of drug-likeness (QED) is 0.765. The van der Waals surface area contributed by atoms with Crippen molar-refractivity contribution in [3.63, 3.8) is 0 Å². The maximum atomic E-state index is 12.0. The molecule has 0 fully saturated rings. The summed E-state index contributed by atoms with van der Waals surface area (Å²) in [4.78, 5) is 19.8. The number of aromatic amines is 1. The second-order valence-electron chi connectivity index (χ2n) is 6.25. The predicted molar refractivity (Wildman–Crippen MR) is 100 cm³/mol. The molecule has 0 saturated heterocycles. The van der Waals surface area contributed by atoms with Crippen LogP contribution >= 0.6 is 0 Å². The van der Waals surface area contributed by atoms with Crippen LogP contribution in [0.3, 0.4) is 0 Å². The first-order valence-electron chi connectivity index (χ1n) is 8.41. The van der Waals surface area contributed by atoms with E-state index in [1.54, 1.807) is 0 Å². The molecule has 0 saturated carbocycles. The zero-order valence-corrected chi connectivity index (χ0v) is 14.0. The molecule has 1 aromatic carbocycles. The third-order valence-electron chi connectivity index (χ3n) is 4.46. The van der Waals surface area contributed by atoms with Crippen molar-refractivity contribution < 1.29 is 4.79 Å². The van der Waals surface area contributed by atoms with Crippen molar-refractivity contribution in [3.8, 4) is 11.3 Å². The van der Waals surface area contributed by atoms with Crippen molar-refractivity contribution in [3.05, 3.63) is 77.2 Å².